The number of hydrogen-bond acceptors (Lipinski definition) is 3. The second kappa shape index (κ2) is 6.20. The van der Waals surface area contributed by atoms with E-state index in [0.717, 1.165) is 5.75 Å². The Bertz CT molecular complexity index is 763. The molecule has 0 saturated carbocycles. The van der Waals surface area contributed by atoms with Gasteiger partial charge in [-0.15, -0.1) is 0 Å². The highest BCUT2D eigenvalue weighted by atomic mass is 16.5. The van der Waals surface area contributed by atoms with Crippen molar-refractivity contribution in [2.24, 2.45) is 5.73 Å². The molecule has 0 aliphatic heterocycles. The molecule has 114 valence electrons. The number of para-hydroxylation sites is 1. The minimum atomic E-state index is 0.377. The van der Waals surface area contributed by atoms with Gasteiger partial charge in [-0.2, -0.15) is 0 Å². The SMILES string of the molecule is CC(C)n1cc(COc2cccnc2)c2cccc(CN)c21. The Balaban J connectivity index is 1.99. The molecule has 2 N–H and O–H groups in total. The predicted molar refractivity (Wildman–Crippen MR) is 88.8 cm³/mol. The molecule has 0 unspecified atom stereocenters. The van der Waals surface area contributed by atoms with Gasteiger partial charge in [0.1, 0.15) is 12.4 Å². The lowest BCUT2D eigenvalue weighted by molar-refractivity contribution is 0.306. The average molecular weight is 295 g/mol. The second-order valence-corrected chi connectivity index (χ2v) is 5.65. The molecule has 0 aliphatic carbocycles. The molecule has 0 saturated heterocycles. The van der Waals surface area contributed by atoms with Gasteiger partial charge >= 0.3 is 0 Å². The highest BCUT2D eigenvalue weighted by Gasteiger charge is 2.13. The highest BCUT2D eigenvalue weighted by Crippen LogP contribution is 2.28. The quantitative estimate of drug-likeness (QED) is 0.781. The van der Waals surface area contributed by atoms with Crippen LogP contribution in [0.1, 0.15) is 31.0 Å². The first-order valence-electron chi connectivity index (χ1n) is 7.55. The molecule has 2 heterocycles. The fraction of sp³-hybridized carbons (Fsp3) is 0.278. The number of benzene rings is 1. The lowest BCUT2D eigenvalue weighted by Crippen LogP contribution is -2.03. The Morgan fingerprint density at radius 1 is 1.18 bits per heavy atom. The van der Waals surface area contributed by atoms with Gasteiger partial charge in [0.2, 0.25) is 0 Å². The van der Waals surface area contributed by atoms with Crippen molar-refractivity contribution in [2.45, 2.75) is 33.0 Å². The summed E-state index contributed by atoms with van der Waals surface area (Å²) in [7, 11) is 0. The number of ether oxygens (including phenoxy) is 1. The molecule has 4 heteroatoms. The third kappa shape index (κ3) is 2.70. The van der Waals surface area contributed by atoms with Gasteiger partial charge in [-0.25, -0.2) is 0 Å². The minimum Gasteiger partial charge on any atom is -0.487 e. The molecule has 3 aromatic rings. The van der Waals surface area contributed by atoms with E-state index in [1.165, 1.54) is 22.0 Å². The van der Waals surface area contributed by atoms with Crippen LogP contribution in [-0.4, -0.2) is 9.55 Å². The van der Waals surface area contributed by atoms with Crippen molar-refractivity contribution in [3.8, 4) is 5.75 Å². The summed E-state index contributed by atoms with van der Waals surface area (Å²) in [5, 5.41) is 1.21. The number of nitrogens with two attached hydrogens (primary N) is 1. The summed E-state index contributed by atoms with van der Waals surface area (Å²) in [6, 6.07) is 10.5. The van der Waals surface area contributed by atoms with Crippen LogP contribution in [0.2, 0.25) is 0 Å². The van der Waals surface area contributed by atoms with E-state index in [-0.39, 0.29) is 0 Å². The van der Waals surface area contributed by atoms with Crippen molar-refractivity contribution < 1.29 is 4.74 Å². The Hall–Kier alpha value is -2.33. The normalized spacial score (nSPS) is 11.3. The summed E-state index contributed by atoms with van der Waals surface area (Å²) < 4.78 is 8.14. The summed E-state index contributed by atoms with van der Waals surface area (Å²) >= 11 is 0. The maximum Gasteiger partial charge on any atom is 0.138 e. The number of fused-ring (bicyclic) bond motifs is 1. The van der Waals surface area contributed by atoms with Crippen LogP contribution in [0.15, 0.2) is 48.9 Å². The first-order valence-corrected chi connectivity index (χ1v) is 7.55. The molecule has 2 aromatic heterocycles. The van der Waals surface area contributed by atoms with Crippen molar-refractivity contribution in [2.75, 3.05) is 0 Å². The van der Waals surface area contributed by atoms with Crippen molar-refractivity contribution in [1.29, 1.82) is 0 Å². The van der Waals surface area contributed by atoms with Gasteiger partial charge in [0.15, 0.2) is 0 Å². The first kappa shape index (κ1) is 14.6. The molecule has 3 rings (SSSR count). The molecular formula is C18H21N3O. The summed E-state index contributed by atoms with van der Waals surface area (Å²) in [4.78, 5) is 4.07. The molecule has 0 atom stereocenters. The van der Waals surface area contributed by atoms with Crippen molar-refractivity contribution in [3.63, 3.8) is 0 Å². The predicted octanol–water partition coefficient (Wildman–Crippen LogP) is 3.65. The Morgan fingerprint density at radius 3 is 2.73 bits per heavy atom. The van der Waals surface area contributed by atoms with Gasteiger partial charge < -0.3 is 15.0 Å². The van der Waals surface area contributed by atoms with Gasteiger partial charge in [-0.1, -0.05) is 18.2 Å². The van der Waals surface area contributed by atoms with E-state index in [9.17, 15) is 0 Å². The van der Waals surface area contributed by atoms with E-state index >= 15 is 0 Å². The molecule has 4 nitrogen and oxygen atoms in total. The van der Waals surface area contributed by atoms with Gasteiger partial charge in [-0.05, 0) is 31.5 Å². The molecule has 0 radical (unpaired) electrons. The Kier molecular flexibility index (Phi) is 4.11. The number of rotatable bonds is 5. The van der Waals surface area contributed by atoms with E-state index in [1.807, 2.05) is 12.1 Å². The van der Waals surface area contributed by atoms with Crippen LogP contribution in [0.5, 0.6) is 5.75 Å². The molecule has 0 amide bonds. The summed E-state index contributed by atoms with van der Waals surface area (Å²) in [5.41, 5.74) is 9.45. The molecule has 0 fully saturated rings. The maximum absolute atomic E-state index is 5.91. The molecule has 0 aliphatic rings. The molecule has 0 spiro atoms. The number of nitrogens with zero attached hydrogens (tertiary/aromatic N) is 2. The van der Waals surface area contributed by atoms with Crippen LogP contribution in [-0.2, 0) is 13.2 Å². The van der Waals surface area contributed by atoms with Crippen LogP contribution in [0, 0.1) is 0 Å². The largest absolute Gasteiger partial charge is 0.487 e. The Morgan fingerprint density at radius 2 is 2.05 bits per heavy atom. The zero-order chi connectivity index (χ0) is 15.5. The number of aromatic nitrogens is 2. The lowest BCUT2D eigenvalue weighted by Gasteiger charge is -2.11. The minimum absolute atomic E-state index is 0.377. The first-order chi connectivity index (χ1) is 10.7. The summed E-state index contributed by atoms with van der Waals surface area (Å²) in [6.45, 7) is 5.42. The average Bonchev–Trinajstić information content (AvgIpc) is 2.93. The topological polar surface area (TPSA) is 53.1 Å². The van der Waals surface area contributed by atoms with Crippen LogP contribution in [0.3, 0.4) is 0 Å². The van der Waals surface area contributed by atoms with Gasteiger partial charge in [0, 0.05) is 35.9 Å². The van der Waals surface area contributed by atoms with Gasteiger partial charge in [0.25, 0.3) is 0 Å². The standard InChI is InChI=1S/C18H21N3O/c1-13(2)21-11-15(12-22-16-6-4-8-20-10-16)17-7-3-5-14(9-19)18(17)21/h3-8,10-11,13H,9,12,19H2,1-2H3. The molecule has 1 aromatic carbocycles. The van der Waals surface area contributed by atoms with Gasteiger partial charge in [-0.3, -0.25) is 4.98 Å². The van der Waals surface area contributed by atoms with Crippen molar-refractivity contribution in [1.82, 2.24) is 9.55 Å². The second-order valence-electron chi connectivity index (χ2n) is 5.65. The maximum atomic E-state index is 5.91. The highest BCUT2D eigenvalue weighted by molar-refractivity contribution is 5.87. The van der Waals surface area contributed by atoms with E-state index in [0.29, 0.717) is 19.2 Å². The molecular weight excluding hydrogens is 274 g/mol. The number of pyridine rings is 1. The summed E-state index contributed by atoms with van der Waals surface area (Å²) in [6.07, 6.45) is 5.64. The molecule has 22 heavy (non-hydrogen) atoms. The molecule has 0 bridgehead atoms. The van der Waals surface area contributed by atoms with E-state index < -0.39 is 0 Å². The third-order valence-corrected chi connectivity index (χ3v) is 3.82. The van der Waals surface area contributed by atoms with Crippen molar-refractivity contribution in [3.05, 3.63) is 60.0 Å². The monoisotopic (exact) mass is 295 g/mol. The number of hydrogen-bond donors (Lipinski definition) is 1. The van der Waals surface area contributed by atoms with Crippen LogP contribution in [0.25, 0.3) is 10.9 Å². The van der Waals surface area contributed by atoms with Crippen molar-refractivity contribution >= 4 is 10.9 Å². The third-order valence-electron chi connectivity index (χ3n) is 3.82. The Labute approximate surface area is 130 Å². The smallest absolute Gasteiger partial charge is 0.138 e. The van der Waals surface area contributed by atoms with E-state index in [4.69, 9.17) is 10.5 Å². The summed E-state index contributed by atoms with van der Waals surface area (Å²) in [5.74, 6) is 0.780. The fourth-order valence-electron chi connectivity index (χ4n) is 2.74. The van der Waals surface area contributed by atoms with Crippen LogP contribution in [0.4, 0.5) is 0 Å². The van der Waals surface area contributed by atoms with Gasteiger partial charge in [0.05, 0.1) is 11.7 Å². The fourth-order valence-corrected chi connectivity index (χ4v) is 2.74. The van der Waals surface area contributed by atoms with Crippen LogP contribution < -0.4 is 10.5 Å². The van der Waals surface area contributed by atoms with E-state index in [2.05, 4.69) is 47.8 Å². The zero-order valence-corrected chi connectivity index (χ0v) is 13.0. The zero-order valence-electron chi connectivity index (χ0n) is 13.0. The van der Waals surface area contributed by atoms with Crippen LogP contribution >= 0.6 is 0 Å². The lowest BCUT2D eigenvalue weighted by atomic mass is 10.1. The van der Waals surface area contributed by atoms with E-state index in [1.54, 1.807) is 12.4 Å².